The van der Waals surface area contributed by atoms with Gasteiger partial charge in [-0.15, -0.1) is 0 Å². The first-order valence-corrected chi connectivity index (χ1v) is 6.06. The van der Waals surface area contributed by atoms with Gasteiger partial charge in [-0.05, 0) is 24.8 Å². The molecule has 0 spiro atoms. The van der Waals surface area contributed by atoms with Crippen molar-refractivity contribution < 1.29 is 14.7 Å². The van der Waals surface area contributed by atoms with Crippen LogP contribution in [-0.2, 0) is 9.59 Å². The van der Waals surface area contributed by atoms with Crippen LogP contribution in [0.3, 0.4) is 0 Å². The van der Waals surface area contributed by atoms with Crippen molar-refractivity contribution in [2.75, 3.05) is 13.1 Å². The van der Waals surface area contributed by atoms with E-state index in [0.717, 1.165) is 19.4 Å². The number of carboxylic acid groups (broad SMARTS) is 1. The molecule has 2 atom stereocenters. The van der Waals surface area contributed by atoms with Crippen LogP contribution in [0.15, 0.2) is 0 Å². The standard InChI is InChI=1S/C12H22N2O3/c1-12(2,3)9(11(16)17)14-10(15)8-5-4-6-13-7-8/h8-9,13H,4-7H2,1-3H3,(H,14,15)(H,16,17)/t8-,9?/m1/s1. The normalized spacial score (nSPS) is 22.9. The number of carbonyl (C=O) groups excluding carboxylic acids is 1. The number of nitrogens with one attached hydrogen (secondary N) is 2. The van der Waals surface area contributed by atoms with Crippen molar-refractivity contribution in [1.82, 2.24) is 10.6 Å². The minimum absolute atomic E-state index is 0.104. The summed E-state index contributed by atoms with van der Waals surface area (Å²) >= 11 is 0. The molecule has 98 valence electrons. The van der Waals surface area contributed by atoms with Gasteiger partial charge >= 0.3 is 5.97 Å². The summed E-state index contributed by atoms with van der Waals surface area (Å²) in [7, 11) is 0. The first kappa shape index (κ1) is 14.0. The SMILES string of the molecule is CC(C)(C)C(NC(=O)[C@@H]1CCCNC1)C(=O)O. The maximum Gasteiger partial charge on any atom is 0.326 e. The first-order chi connectivity index (χ1) is 7.82. The van der Waals surface area contributed by atoms with Gasteiger partial charge in [-0.25, -0.2) is 4.79 Å². The van der Waals surface area contributed by atoms with E-state index in [0.29, 0.717) is 6.54 Å². The number of carboxylic acids is 1. The number of rotatable bonds is 3. The summed E-state index contributed by atoms with van der Waals surface area (Å²) in [6.07, 6.45) is 1.79. The van der Waals surface area contributed by atoms with Crippen LogP contribution in [0.5, 0.6) is 0 Å². The third kappa shape index (κ3) is 4.00. The molecular formula is C12H22N2O3. The third-order valence-electron chi connectivity index (χ3n) is 3.07. The smallest absolute Gasteiger partial charge is 0.326 e. The topological polar surface area (TPSA) is 78.4 Å². The van der Waals surface area contributed by atoms with Crippen molar-refractivity contribution >= 4 is 11.9 Å². The summed E-state index contributed by atoms with van der Waals surface area (Å²) in [6.45, 7) is 7.01. The van der Waals surface area contributed by atoms with Gasteiger partial charge in [0.2, 0.25) is 5.91 Å². The van der Waals surface area contributed by atoms with E-state index in [1.807, 2.05) is 20.8 Å². The molecule has 5 nitrogen and oxygen atoms in total. The predicted molar refractivity (Wildman–Crippen MR) is 64.6 cm³/mol. The average Bonchev–Trinajstić information content (AvgIpc) is 2.24. The van der Waals surface area contributed by atoms with E-state index < -0.39 is 17.4 Å². The molecule has 17 heavy (non-hydrogen) atoms. The molecule has 3 N–H and O–H groups in total. The van der Waals surface area contributed by atoms with Crippen LogP contribution in [0.25, 0.3) is 0 Å². The fraction of sp³-hybridized carbons (Fsp3) is 0.833. The molecule has 1 fully saturated rings. The van der Waals surface area contributed by atoms with Crippen LogP contribution in [0.2, 0.25) is 0 Å². The number of piperidine rings is 1. The van der Waals surface area contributed by atoms with Crippen LogP contribution in [0.4, 0.5) is 0 Å². The second-order valence-corrected chi connectivity index (χ2v) is 5.69. The highest BCUT2D eigenvalue weighted by Gasteiger charge is 2.34. The Bertz CT molecular complexity index is 291. The van der Waals surface area contributed by atoms with Crippen LogP contribution < -0.4 is 10.6 Å². The fourth-order valence-electron chi connectivity index (χ4n) is 1.98. The van der Waals surface area contributed by atoms with E-state index in [9.17, 15) is 9.59 Å². The minimum atomic E-state index is -0.977. The van der Waals surface area contributed by atoms with Gasteiger partial charge in [-0.2, -0.15) is 0 Å². The lowest BCUT2D eigenvalue weighted by Crippen LogP contribution is -2.52. The van der Waals surface area contributed by atoms with E-state index in [1.54, 1.807) is 0 Å². The Morgan fingerprint density at radius 3 is 2.47 bits per heavy atom. The Labute approximate surface area is 102 Å². The van der Waals surface area contributed by atoms with Crippen LogP contribution in [0.1, 0.15) is 33.6 Å². The van der Waals surface area contributed by atoms with Gasteiger partial charge in [0.15, 0.2) is 0 Å². The second kappa shape index (κ2) is 5.49. The van der Waals surface area contributed by atoms with Crippen LogP contribution in [-0.4, -0.2) is 36.1 Å². The Morgan fingerprint density at radius 2 is 2.06 bits per heavy atom. The Balaban J connectivity index is 2.60. The zero-order chi connectivity index (χ0) is 13.1. The summed E-state index contributed by atoms with van der Waals surface area (Å²) in [4.78, 5) is 23.1. The quantitative estimate of drug-likeness (QED) is 0.677. The molecule has 1 heterocycles. The van der Waals surface area contributed by atoms with E-state index in [4.69, 9.17) is 5.11 Å². The maximum absolute atomic E-state index is 11.9. The van der Waals surface area contributed by atoms with E-state index >= 15 is 0 Å². The highest BCUT2D eigenvalue weighted by Crippen LogP contribution is 2.20. The Hall–Kier alpha value is -1.10. The lowest BCUT2D eigenvalue weighted by Gasteiger charge is -2.30. The van der Waals surface area contributed by atoms with Gasteiger partial charge in [0, 0.05) is 6.54 Å². The van der Waals surface area contributed by atoms with Gasteiger partial charge in [0.05, 0.1) is 5.92 Å². The third-order valence-corrected chi connectivity index (χ3v) is 3.07. The molecule has 1 aliphatic heterocycles. The van der Waals surface area contributed by atoms with Crippen molar-refractivity contribution in [3.05, 3.63) is 0 Å². The van der Waals surface area contributed by atoms with Crippen molar-refractivity contribution in [3.8, 4) is 0 Å². The molecule has 1 amide bonds. The molecule has 5 heteroatoms. The average molecular weight is 242 g/mol. The fourth-order valence-corrected chi connectivity index (χ4v) is 1.98. The minimum Gasteiger partial charge on any atom is -0.480 e. The number of hydrogen-bond acceptors (Lipinski definition) is 3. The van der Waals surface area contributed by atoms with Crippen molar-refractivity contribution in [1.29, 1.82) is 0 Å². The summed E-state index contributed by atoms with van der Waals surface area (Å²) < 4.78 is 0. The van der Waals surface area contributed by atoms with Crippen molar-refractivity contribution in [3.63, 3.8) is 0 Å². The highest BCUT2D eigenvalue weighted by molar-refractivity contribution is 5.85. The largest absolute Gasteiger partial charge is 0.480 e. The van der Waals surface area contributed by atoms with Crippen LogP contribution in [0, 0.1) is 11.3 Å². The molecule has 0 aromatic rings. The molecule has 0 aromatic heterocycles. The Morgan fingerprint density at radius 1 is 1.41 bits per heavy atom. The molecule has 0 aliphatic carbocycles. The molecule has 1 unspecified atom stereocenters. The molecule has 0 saturated carbocycles. The van der Waals surface area contributed by atoms with Crippen molar-refractivity contribution in [2.24, 2.45) is 11.3 Å². The molecule has 0 aromatic carbocycles. The summed E-state index contributed by atoms with van der Waals surface area (Å²) in [6, 6.07) is -0.836. The highest BCUT2D eigenvalue weighted by atomic mass is 16.4. The molecule has 1 aliphatic rings. The lowest BCUT2D eigenvalue weighted by molar-refractivity contribution is -0.145. The predicted octanol–water partition coefficient (Wildman–Crippen LogP) is 0.602. The molecular weight excluding hydrogens is 220 g/mol. The number of hydrogen-bond donors (Lipinski definition) is 3. The van der Waals surface area contributed by atoms with Gasteiger partial charge < -0.3 is 15.7 Å². The van der Waals surface area contributed by atoms with Gasteiger partial charge in [0.1, 0.15) is 6.04 Å². The molecule has 0 bridgehead atoms. The summed E-state index contributed by atoms with van der Waals surface area (Å²) in [5, 5.41) is 14.9. The number of aliphatic carboxylic acids is 1. The number of carbonyl (C=O) groups is 2. The summed E-state index contributed by atoms with van der Waals surface area (Å²) in [5.74, 6) is -1.23. The monoisotopic (exact) mass is 242 g/mol. The van der Waals surface area contributed by atoms with E-state index in [1.165, 1.54) is 0 Å². The van der Waals surface area contributed by atoms with Gasteiger partial charge in [0.25, 0.3) is 0 Å². The molecule has 1 rings (SSSR count). The van der Waals surface area contributed by atoms with Crippen molar-refractivity contribution in [2.45, 2.75) is 39.7 Å². The Kier molecular flexibility index (Phi) is 4.51. The summed E-state index contributed by atoms with van der Waals surface area (Å²) in [5.41, 5.74) is -0.483. The van der Waals surface area contributed by atoms with Gasteiger partial charge in [-0.1, -0.05) is 20.8 Å². The second-order valence-electron chi connectivity index (χ2n) is 5.69. The zero-order valence-corrected chi connectivity index (χ0v) is 10.7. The van der Waals surface area contributed by atoms with E-state index in [-0.39, 0.29) is 11.8 Å². The lowest BCUT2D eigenvalue weighted by atomic mass is 9.86. The van der Waals surface area contributed by atoms with Gasteiger partial charge in [-0.3, -0.25) is 4.79 Å². The molecule has 1 saturated heterocycles. The first-order valence-electron chi connectivity index (χ1n) is 6.06. The maximum atomic E-state index is 11.9. The van der Waals surface area contributed by atoms with Crippen LogP contribution >= 0.6 is 0 Å². The molecule has 0 radical (unpaired) electrons. The number of amides is 1. The van der Waals surface area contributed by atoms with E-state index in [2.05, 4.69) is 10.6 Å². The zero-order valence-electron chi connectivity index (χ0n) is 10.7.